The summed E-state index contributed by atoms with van der Waals surface area (Å²) in [6.07, 6.45) is 1.56. The van der Waals surface area contributed by atoms with Crippen LogP contribution in [0.2, 0.25) is 0 Å². The number of hydrogen-bond acceptors (Lipinski definition) is 7. The average Bonchev–Trinajstić information content (AvgIpc) is 3.08. The molecule has 1 saturated heterocycles. The smallest absolute Gasteiger partial charge is 0.287 e. The van der Waals surface area contributed by atoms with Gasteiger partial charge in [-0.15, -0.1) is 5.10 Å². The third-order valence-corrected chi connectivity index (χ3v) is 5.20. The van der Waals surface area contributed by atoms with E-state index < -0.39 is 11.3 Å². The van der Waals surface area contributed by atoms with Crippen LogP contribution in [0, 0.1) is 16.7 Å². The first-order valence-electron chi connectivity index (χ1n) is 9.83. The van der Waals surface area contributed by atoms with Gasteiger partial charge in [0, 0.05) is 46.3 Å². The molecular weight excluding hydrogens is 420 g/mol. The maximum atomic E-state index is 13.9. The van der Waals surface area contributed by atoms with Crippen LogP contribution in [0.25, 0.3) is 16.7 Å². The van der Waals surface area contributed by atoms with Gasteiger partial charge in [-0.1, -0.05) is 6.07 Å². The first-order valence-corrected chi connectivity index (χ1v) is 9.83. The molecule has 1 N–H and O–H groups in total. The molecule has 0 aromatic carbocycles. The molecule has 11 heteroatoms. The Morgan fingerprint density at radius 1 is 1.41 bits per heavy atom. The van der Waals surface area contributed by atoms with Gasteiger partial charge in [-0.25, -0.2) is 14.6 Å². The van der Waals surface area contributed by atoms with Gasteiger partial charge in [0.15, 0.2) is 11.6 Å². The summed E-state index contributed by atoms with van der Waals surface area (Å²) in [5.41, 5.74) is -0.496. The van der Waals surface area contributed by atoms with Gasteiger partial charge in [0.25, 0.3) is 5.92 Å². The minimum Gasteiger partial charge on any atom is -0.383 e. The molecule has 1 aliphatic heterocycles. The van der Waals surface area contributed by atoms with Gasteiger partial charge >= 0.3 is 0 Å². The third kappa shape index (κ3) is 3.85. The van der Waals surface area contributed by atoms with Gasteiger partial charge in [0.05, 0.1) is 23.6 Å². The van der Waals surface area contributed by atoms with Gasteiger partial charge in [-0.05, 0) is 12.1 Å². The van der Waals surface area contributed by atoms with Crippen LogP contribution < -0.4 is 10.2 Å². The maximum absolute atomic E-state index is 13.9. The van der Waals surface area contributed by atoms with Crippen molar-refractivity contribution in [2.24, 2.45) is 5.41 Å². The molecule has 166 valence electrons. The highest BCUT2D eigenvalue weighted by Gasteiger charge is 2.45. The Bertz CT molecular complexity index is 1220. The molecule has 0 spiro atoms. The molecule has 1 amide bonds. The lowest BCUT2D eigenvalue weighted by molar-refractivity contribution is -0.114. The van der Waals surface area contributed by atoms with E-state index in [1.54, 1.807) is 25.4 Å². The van der Waals surface area contributed by atoms with Crippen LogP contribution in [0.4, 0.5) is 20.4 Å². The molecule has 0 bridgehead atoms. The molecule has 4 heterocycles. The molecule has 4 rings (SSSR count). The van der Waals surface area contributed by atoms with E-state index >= 15 is 0 Å². The van der Waals surface area contributed by atoms with Crippen LogP contribution in [0.1, 0.15) is 19.5 Å². The molecule has 9 nitrogen and oxygen atoms in total. The highest BCUT2D eigenvalue weighted by atomic mass is 19.3. The summed E-state index contributed by atoms with van der Waals surface area (Å²) in [5, 5.41) is 17.4. The Morgan fingerprint density at radius 2 is 2.16 bits per heavy atom. The van der Waals surface area contributed by atoms with E-state index in [1.165, 1.54) is 23.7 Å². The number of rotatable bonds is 6. The molecular formula is C21H21F2N7O2. The van der Waals surface area contributed by atoms with Crippen molar-refractivity contribution in [3.8, 4) is 11.9 Å². The minimum atomic E-state index is -3.12. The van der Waals surface area contributed by atoms with Gasteiger partial charge in [0.2, 0.25) is 5.91 Å². The number of nitrogens with zero attached hydrogens (tertiary/aromatic N) is 6. The second-order valence-electron chi connectivity index (χ2n) is 7.95. The molecule has 3 aromatic heterocycles. The second kappa shape index (κ2) is 7.80. The van der Waals surface area contributed by atoms with Crippen LogP contribution in [-0.4, -0.2) is 52.5 Å². The lowest BCUT2D eigenvalue weighted by Gasteiger charge is -2.45. The summed E-state index contributed by atoms with van der Waals surface area (Å²) in [7, 11) is 1.54. The van der Waals surface area contributed by atoms with E-state index in [0.29, 0.717) is 42.2 Å². The number of pyridine rings is 2. The molecule has 3 aromatic rings. The third-order valence-electron chi connectivity index (χ3n) is 5.20. The molecule has 0 aliphatic carbocycles. The Labute approximate surface area is 182 Å². The van der Waals surface area contributed by atoms with Crippen molar-refractivity contribution < 1.29 is 18.3 Å². The molecule has 32 heavy (non-hydrogen) atoms. The Balaban J connectivity index is 1.82. The van der Waals surface area contributed by atoms with Crippen LogP contribution >= 0.6 is 0 Å². The standard InChI is InChI=1S/C21H21F2N7O2/c1-13(31)26-17-7-15-14(8-25-17)19(29-10-21(9-24,11-29)12-32-3)28-30(15)18-6-4-5-16(27-18)20(2,22)23/h4-8H,10-12H2,1-3H3,(H,25,26,31). The van der Waals surface area contributed by atoms with E-state index in [4.69, 9.17) is 4.74 Å². The normalized spacial score (nSPS) is 15.3. The Kier molecular flexibility index (Phi) is 5.26. The summed E-state index contributed by atoms with van der Waals surface area (Å²) in [5.74, 6) is -2.38. The average molecular weight is 441 g/mol. The Hall–Kier alpha value is -3.65. The number of carbonyl (C=O) groups is 1. The number of aromatic nitrogens is 4. The van der Waals surface area contributed by atoms with Gasteiger partial charge < -0.3 is 15.0 Å². The Morgan fingerprint density at radius 3 is 2.78 bits per heavy atom. The lowest BCUT2D eigenvalue weighted by Crippen LogP contribution is -2.58. The highest BCUT2D eigenvalue weighted by molar-refractivity contribution is 5.95. The molecule has 0 atom stereocenters. The number of amides is 1. The number of carbonyl (C=O) groups excluding carboxylic acids is 1. The number of ether oxygens (including phenoxy) is 1. The number of nitriles is 1. The number of methoxy groups -OCH3 is 1. The highest BCUT2D eigenvalue weighted by Crippen LogP contribution is 2.38. The molecule has 0 radical (unpaired) electrons. The zero-order valence-electron chi connectivity index (χ0n) is 17.8. The second-order valence-corrected chi connectivity index (χ2v) is 7.95. The van der Waals surface area contributed by atoms with Crippen molar-refractivity contribution in [2.75, 3.05) is 37.0 Å². The fraction of sp³-hybridized carbons (Fsp3) is 0.381. The molecule has 1 aliphatic rings. The van der Waals surface area contributed by atoms with E-state index in [1.807, 2.05) is 4.90 Å². The summed E-state index contributed by atoms with van der Waals surface area (Å²) >= 11 is 0. The van der Waals surface area contributed by atoms with E-state index in [9.17, 15) is 18.8 Å². The number of anilines is 2. The topological polar surface area (TPSA) is 109 Å². The summed E-state index contributed by atoms with van der Waals surface area (Å²) in [4.78, 5) is 21.7. The number of fused-ring (bicyclic) bond motifs is 1. The van der Waals surface area contributed by atoms with Crippen molar-refractivity contribution in [3.05, 3.63) is 36.2 Å². The number of halogens is 2. The van der Waals surface area contributed by atoms with Crippen LogP contribution in [-0.2, 0) is 15.5 Å². The van der Waals surface area contributed by atoms with E-state index in [0.717, 1.165) is 6.92 Å². The van der Waals surface area contributed by atoms with E-state index in [2.05, 4.69) is 26.5 Å². The van der Waals surface area contributed by atoms with E-state index in [-0.39, 0.29) is 17.4 Å². The fourth-order valence-corrected chi connectivity index (χ4v) is 3.74. The van der Waals surface area contributed by atoms with Crippen LogP contribution in [0.3, 0.4) is 0 Å². The van der Waals surface area contributed by atoms with Gasteiger partial charge in [0.1, 0.15) is 16.9 Å². The van der Waals surface area contributed by atoms with Crippen molar-refractivity contribution >= 4 is 28.4 Å². The molecule has 0 unspecified atom stereocenters. The zero-order chi connectivity index (χ0) is 23.1. The van der Waals surface area contributed by atoms with Gasteiger partial charge in [-0.2, -0.15) is 14.0 Å². The monoisotopic (exact) mass is 441 g/mol. The SMILES string of the molecule is COCC1(C#N)CN(c2nn(-c3cccc(C(C)(F)F)n3)c3cc(NC(C)=O)ncc23)C1. The predicted octanol–water partition coefficient (Wildman–Crippen LogP) is 2.86. The summed E-state index contributed by atoms with van der Waals surface area (Å²) in [6.45, 7) is 3.23. The predicted molar refractivity (Wildman–Crippen MR) is 113 cm³/mol. The summed E-state index contributed by atoms with van der Waals surface area (Å²) < 4.78 is 34.3. The van der Waals surface area contributed by atoms with Crippen LogP contribution in [0.5, 0.6) is 0 Å². The number of nitrogens with one attached hydrogen (secondary N) is 1. The summed E-state index contributed by atoms with van der Waals surface area (Å²) in [6, 6.07) is 8.22. The quantitative estimate of drug-likeness (QED) is 0.626. The molecule has 0 saturated carbocycles. The first kappa shape index (κ1) is 21.6. The number of alkyl halides is 2. The first-order chi connectivity index (χ1) is 15.2. The fourth-order valence-electron chi connectivity index (χ4n) is 3.74. The number of hydrogen-bond donors (Lipinski definition) is 1. The molecule has 1 fully saturated rings. The van der Waals surface area contributed by atoms with Crippen molar-refractivity contribution in [1.82, 2.24) is 19.7 Å². The maximum Gasteiger partial charge on any atom is 0.287 e. The zero-order valence-corrected chi connectivity index (χ0v) is 17.8. The van der Waals surface area contributed by atoms with Crippen molar-refractivity contribution in [3.63, 3.8) is 0 Å². The van der Waals surface area contributed by atoms with Gasteiger partial charge in [-0.3, -0.25) is 4.79 Å². The minimum absolute atomic E-state index is 0.198. The van der Waals surface area contributed by atoms with Crippen LogP contribution in [0.15, 0.2) is 30.5 Å². The van der Waals surface area contributed by atoms with Crippen molar-refractivity contribution in [2.45, 2.75) is 19.8 Å². The largest absolute Gasteiger partial charge is 0.383 e. The lowest BCUT2D eigenvalue weighted by atomic mass is 9.82. The van der Waals surface area contributed by atoms with Crippen molar-refractivity contribution in [1.29, 1.82) is 5.26 Å².